The maximum atomic E-state index is 11.7. The van der Waals surface area contributed by atoms with Gasteiger partial charge in [0.25, 0.3) is 5.91 Å². The monoisotopic (exact) mass is 336 g/mol. The topological polar surface area (TPSA) is 99.7 Å². The van der Waals surface area contributed by atoms with E-state index in [0.29, 0.717) is 25.6 Å². The van der Waals surface area contributed by atoms with Crippen LogP contribution in [0.5, 0.6) is 5.88 Å². The lowest BCUT2D eigenvalue weighted by Crippen LogP contribution is -2.42. The first-order valence-electron chi connectivity index (χ1n) is 7.86. The van der Waals surface area contributed by atoms with Gasteiger partial charge in [-0.05, 0) is 25.8 Å². The SMILES string of the molecule is CC(C)COc1c(C(N)=O)cnn1/C=C/C(C)(C)N1CCOC1=O. The van der Waals surface area contributed by atoms with E-state index >= 15 is 0 Å². The summed E-state index contributed by atoms with van der Waals surface area (Å²) in [6, 6.07) is 0. The van der Waals surface area contributed by atoms with Crippen LogP contribution in [0.15, 0.2) is 12.3 Å². The summed E-state index contributed by atoms with van der Waals surface area (Å²) in [6.45, 7) is 9.13. The van der Waals surface area contributed by atoms with Crippen LogP contribution in [0.3, 0.4) is 0 Å². The maximum Gasteiger partial charge on any atom is 0.410 e. The minimum atomic E-state index is -0.601. The van der Waals surface area contributed by atoms with E-state index in [-0.39, 0.29) is 17.6 Å². The van der Waals surface area contributed by atoms with Gasteiger partial charge >= 0.3 is 6.09 Å². The van der Waals surface area contributed by atoms with Gasteiger partial charge in [0.1, 0.15) is 12.2 Å². The van der Waals surface area contributed by atoms with E-state index in [2.05, 4.69) is 5.10 Å². The lowest BCUT2D eigenvalue weighted by atomic mass is 10.0. The molecular weight excluding hydrogens is 312 g/mol. The minimum absolute atomic E-state index is 0.221. The number of carbonyl (C=O) groups excluding carboxylic acids is 2. The second kappa shape index (κ2) is 6.94. The Hall–Kier alpha value is -2.51. The molecule has 0 saturated carbocycles. The summed E-state index contributed by atoms with van der Waals surface area (Å²) in [5.74, 6) is -0.0168. The summed E-state index contributed by atoms with van der Waals surface area (Å²) in [5, 5.41) is 4.13. The van der Waals surface area contributed by atoms with E-state index in [0.717, 1.165) is 0 Å². The molecule has 0 spiro atoms. The number of nitrogens with zero attached hydrogens (tertiary/aromatic N) is 3. The number of hydrogen-bond donors (Lipinski definition) is 1. The molecule has 24 heavy (non-hydrogen) atoms. The average Bonchev–Trinajstić information content (AvgIpc) is 3.09. The van der Waals surface area contributed by atoms with Crippen LogP contribution < -0.4 is 10.5 Å². The first kappa shape index (κ1) is 17.8. The molecule has 2 heterocycles. The lowest BCUT2D eigenvalue weighted by molar-refractivity contribution is 0.0995. The Morgan fingerprint density at radius 1 is 1.54 bits per heavy atom. The molecule has 132 valence electrons. The van der Waals surface area contributed by atoms with Gasteiger partial charge in [0.2, 0.25) is 5.88 Å². The number of amides is 2. The molecule has 0 atom stereocenters. The Morgan fingerprint density at radius 3 is 2.79 bits per heavy atom. The van der Waals surface area contributed by atoms with Gasteiger partial charge in [-0.15, -0.1) is 0 Å². The molecule has 0 aliphatic carbocycles. The largest absolute Gasteiger partial charge is 0.477 e. The number of aromatic nitrogens is 2. The third-order valence-corrected chi connectivity index (χ3v) is 3.65. The summed E-state index contributed by atoms with van der Waals surface area (Å²) >= 11 is 0. The summed E-state index contributed by atoms with van der Waals surface area (Å²) < 4.78 is 12.1. The smallest absolute Gasteiger partial charge is 0.410 e. The quantitative estimate of drug-likeness (QED) is 0.817. The molecule has 1 aliphatic rings. The van der Waals surface area contributed by atoms with E-state index in [1.807, 2.05) is 27.7 Å². The molecule has 1 aliphatic heterocycles. The van der Waals surface area contributed by atoms with Crippen molar-refractivity contribution in [3.05, 3.63) is 17.8 Å². The fourth-order valence-electron chi connectivity index (χ4n) is 2.28. The fraction of sp³-hybridized carbons (Fsp3) is 0.562. The van der Waals surface area contributed by atoms with Crippen LogP contribution in [-0.4, -0.2) is 52.0 Å². The number of primary amides is 1. The molecule has 8 nitrogen and oxygen atoms in total. The summed E-state index contributed by atoms with van der Waals surface area (Å²) in [7, 11) is 0. The average molecular weight is 336 g/mol. The van der Waals surface area contributed by atoms with Crippen molar-refractivity contribution in [1.82, 2.24) is 14.7 Å². The zero-order chi connectivity index (χ0) is 17.9. The van der Waals surface area contributed by atoms with Gasteiger partial charge in [0.05, 0.1) is 24.9 Å². The number of nitrogens with two attached hydrogens (primary N) is 1. The highest BCUT2D eigenvalue weighted by atomic mass is 16.6. The van der Waals surface area contributed by atoms with E-state index in [1.165, 1.54) is 10.9 Å². The van der Waals surface area contributed by atoms with E-state index in [1.54, 1.807) is 17.2 Å². The molecule has 0 unspecified atom stereocenters. The Kier molecular flexibility index (Phi) is 5.16. The van der Waals surface area contributed by atoms with Gasteiger partial charge < -0.3 is 15.2 Å². The van der Waals surface area contributed by atoms with Crippen LogP contribution >= 0.6 is 0 Å². The molecule has 1 fully saturated rings. The molecule has 2 N–H and O–H groups in total. The van der Waals surface area contributed by atoms with Crippen molar-refractivity contribution in [3.63, 3.8) is 0 Å². The van der Waals surface area contributed by atoms with E-state index < -0.39 is 11.4 Å². The Labute approximate surface area is 141 Å². The van der Waals surface area contributed by atoms with Crippen LogP contribution in [0.4, 0.5) is 4.79 Å². The van der Waals surface area contributed by atoms with Crippen LogP contribution in [0, 0.1) is 5.92 Å². The number of hydrogen-bond acceptors (Lipinski definition) is 5. The van der Waals surface area contributed by atoms with Crippen molar-refractivity contribution in [3.8, 4) is 5.88 Å². The Bertz CT molecular complexity index is 649. The molecular formula is C16H24N4O4. The molecule has 2 rings (SSSR count). The number of carbonyl (C=O) groups is 2. The molecule has 0 aromatic carbocycles. The van der Waals surface area contributed by atoms with Gasteiger partial charge in [0.15, 0.2) is 0 Å². The Morgan fingerprint density at radius 2 is 2.25 bits per heavy atom. The fourth-order valence-corrected chi connectivity index (χ4v) is 2.28. The summed E-state index contributed by atoms with van der Waals surface area (Å²) in [5.41, 5.74) is 5.02. The first-order chi connectivity index (χ1) is 11.2. The molecule has 0 bridgehead atoms. The number of cyclic esters (lactones) is 1. The van der Waals surface area contributed by atoms with Gasteiger partial charge in [0, 0.05) is 6.20 Å². The van der Waals surface area contributed by atoms with Crippen LogP contribution in [0.2, 0.25) is 0 Å². The van der Waals surface area contributed by atoms with E-state index in [4.69, 9.17) is 15.2 Å². The third kappa shape index (κ3) is 3.87. The van der Waals surface area contributed by atoms with Crippen molar-refractivity contribution in [2.24, 2.45) is 11.7 Å². The molecule has 8 heteroatoms. The number of ether oxygens (including phenoxy) is 2. The summed E-state index contributed by atoms with van der Waals surface area (Å²) in [6.07, 6.45) is 4.49. The first-order valence-corrected chi connectivity index (χ1v) is 7.86. The van der Waals surface area contributed by atoms with Crippen LogP contribution in [-0.2, 0) is 4.74 Å². The maximum absolute atomic E-state index is 11.7. The van der Waals surface area contributed by atoms with Crippen LogP contribution in [0.25, 0.3) is 6.20 Å². The molecule has 1 aromatic heterocycles. The standard InChI is InChI=1S/C16H24N4O4/c1-11(2)10-24-14-12(13(17)21)9-18-20(14)6-5-16(3,4)19-7-8-23-15(19)22/h5-6,9,11H,7-8,10H2,1-4H3,(H2,17,21)/b6-5+. The van der Waals surface area contributed by atoms with Crippen molar-refractivity contribution >= 4 is 18.2 Å². The van der Waals surface area contributed by atoms with E-state index in [9.17, 15) is 9.59 Å². The molecule has 0 radical (unpaired) electrons. The van der Waals surface area contributed by atoms with Gasteiger partial charge in [-0.25, -0.2) is 9.48 Å². The number of rotatable bonds is 7. The second-order valence-corrected chi connectivity index (χ2v) is 6.61. The predicted molar refractivity (Wildman–Crippen MR) is 88.5 cm³/mol. The minimum Gasteiger partial charge on any atom is -0.477 e. The summed E-state index contributed by atoms with van der Waals surface area (Å²) in [4.78, 5) is 24.9. The highest BCUT2D eigenvalue weighted by Gasteiger charge is 2.34. The highest BCUT2D eigenvalue weighted by Crippen LogP contribution is 2.23. The molecule has 1 saturated heterocycles. The zero-order valence-corrected chi connectivity index (χ0v) is 14.5. The van der Waals surface area contributed by atoms with Crippen molar-refractivity contribution in [1.29, 1.82) is 0 Å². The molecule has 1 aromatic rings. The zero-order valence-electron chi connectivity index (χ0n) is 14.5. The Balaban J connectivity index is 2.24. The van der Waals surface area contributed by atoms with Gasteiger partial charge in [-0.2, -0.15) is 5.10 Å². The van der Waals surface area contributed by atoms with Gasteiger partial charge in [-0.3, -0.25) is 9.69 Å². The normalized spacial score (nSPS) is 15.4. The predicted octanol–water partition coefficient (Wildman–Crippen LogP) is 1.72. The third-order valence-electron chi connectivity index (χ3n) is 3.65. The van der Waals surface area contributed by atoms with Crippen molar-refractivity contribution in [2.75, 3.05) is 19.8 Å². The lowest BCUT2D eigenvalue weighted by Gasteiger charge is -2.30. The van der Waals surface area contributed by atoms with Crippen molar-refractivity contribution < 1.29 is 19.1 Å². The van der Waals surface area contributed by atoms with Crippen molar-refractivity contribution in [2.45, 2.75) is 33.2 Å². The second-order valence-electron chi connectivity index (χ2n) is 6.61. The molecule has 2 amide bonds. The highest BCUT2D eigenvalue weighted by molar-refractivity contribution is 5.95. The van der Waals surface area contributed by atoms with Crippen LogP contribution in [0.1, 0.15) is 38.1 Å². The van der Waals surface area contributed by atoms with Gasteiger partial charge in [-0.1, -0.05) is 13.8 Å².